The molecule has 0 aliphatic carbocycles. The highest BCUT2D eigenvalue weighted by Crippen LogP contribution is 2.44. The fourth-order valence-corrected chi connectivity index (χ4v) is 2.97. The summed E-state index contributed by atoms with van der Waals surface area (Å²) in [5, 5.41) is 20.8. The zero-order valence-corrected chi connectivity index (χ0v) is 15.0. The van der Waals surface area contributed by atoms with Gasteiger partial charge in [0.05, 0.1) is 11.3 Å². The van der Waals surface area contributed by atoms with Crippen molar-refractivity contribution in [2.75, 3.05) is 12.3 Å². The Bertz CT molecular complexity index is 1030. The fraction of sp³-hybridized carbons (Fsp3) is 0.471. The molecule has 1 fully saturated rings. The third-order valence-corrected chi connectivity index (χ3v) is 4.49. The molecule has 4 atom stereocenters. The maximum Gasteiger partial charge on any atom is 0.308 e. The lowest BCUT2D eigenvalue weighted by molar-refractivity contribution is -0.233. The van der Waals surface area contributed by atoms with Crippen LogP contribution in [0.5, 0.6) is 0 Å². The topological polar surface area (TPSA) is 153 Å². The average Bonchev–Trinajstić information content (AvgIpc) is 3.14. The third kappa shape index (κ3) is 2.82. The van der Waals surface area contributed by atoms with Crippen molar-refractivity contribution in [3.8, 4) is 12.3 Å². The molecule has 28 heavy (non-hydrogen) atoms. The minimum atomic E-state index is -3.00. The lowest BCUT2D eigenvalue weighted by Gasteiger charge is -2.29. The number of ether oxygens (including phenoxy) is 2. The molecule has 11 heteroatoms. The first kappa shape index (κ1) is 19.8. The molecule has 150 valence electrons. The van der Waals surface area contributed by atoms with Gasteiger partial charge in [-0.15, -0.1) is 6.42 Å². The second-order valence-corrected chi connectivity index (χ2v) is 6.76. The molecule has 1 aliphatic rings. The Morgan fingerprint density at radius 1 is 1.57 bits per heavy atom. The number of H-pyrrole nitrogens is 1. The van der Waals surface area contributed by atoms with Gasteiger partial charge in [-0.1, -0.05) is 13.8 Å². The van der Waals surface area contributed by atoms with Gasteiger partial charge in [-0.2, -0.15) is 4.98 Å². The number of nitrogens with zero attached hydrogens (tertiary/aromatic N) is 2. The van der Waals surface area contributed by atoms with Crippen LogP contribution in [0.2, 0.25) is 0 Å². The summed E-state index contributed by atoms with van der Waals surface area (Å²) >= 11 is 0. The number of aliphatic hydroxyl groups is 2. The Hall–Kier alpha value is -2.94. The predicted octanol–water partition coefficient (Wildman–Crippen LogP) is -0.790. The molecule has 0 amide bonds. The molecule has 10 nitrogen and oxygen atoms in total. The van der Waals surface area contributed by atoms with Crippen LogP contribution in [-0.2, 0) is 20.0 Å². The van der Waals surface area contributed by atoms with Crippen LogP contribution in [0.25, 0.3) is 11.0 Å². The molecule has 1 saturated heterocycles. The Morgan fingerprint density at radius 2 is 2.25 bits per heavy atom. The number of fused-ring (bicyclic) bond motifs is 1. The van der Waals surface area contributed by atoms with E-state index in [0.717, 1.165) is 4.57 Å². The standard InChI is InChI=1S/C17H19FN4O6/c1-4-17(22-6-5-9-12(22)20-15(19)21-13(9)25)11(24)10(23)16(18,28-17)7-27-14(26)8(2)3/h1,5-6,8,10-11,23-24H,7H2,2-3H3,(H3,19,20,21,25)/t10-,11+,16+,17+/m0/s1. The Balaban J connectivity index is 2.06. The number of hydrogen-bond acceptors (Lipinski definition) is 8. The SMILES string of the molecule is C#C[C@@]1(n2ccc3c(=O)[nH]c(N)nc32)O[C@](F)(COC(=O)C(C)C)[C@@H](O)[C@H]1O. The van der Waals surface area contributed by atoms with Crippen LogP contribution in [-0.4, -0.2) is 55.4 Å². The van der Waals surface area contributed by atoms with Gasteiger partial charge in [-0.05, 0) is 12.0 Å². The van der Waals surface area contributed by atoms with Crippen molar-refractivity contribution in [1.82, 2.24) is 14.5 Å². The summed E-state index contributed by atoms with van der Waals surface area (Å²) in [6.45, 7) is 2.08. The minimum Gasteiger partial charge on any atom is -0.459 e. The number of carbonyl (C=O) groups excluding carboxylic acids is 1. The van der Waals surface area contributed by atoms with Crippen molar-refractivity contribution in [3.05, 3.63) is 22.6 Å². The summed E-state index contributed by atoms with van der Waals surface area (Å²) in [6.07, 6.45) is 2.64. The highest BCUT2D eigenvalue weighted by Gasteiger charge is 2.65. The highest BCUT2D eigenvalue weighted by atomic mass is 19.2. The van der Waals surface area contributed by atoms with Gasteiger partial charge in [0, 0.05) is 6.20 Å². The van der Waals surface area contributed by atoms with Gasteiger partial charge in [-0.25, -0.2) is 4.39 Å². The summed E-state index contributed by atoms with van der Waals surface area (Å²) in [5.74, 6) is -2.40. The monoisotopic (exact) mass is 394 g/mol. The molecular weight excluding hydrogens is 375 g/mol. The van der Waals surface area contributed by atoms with E-state index < -0.39 is 47.8 Å². The molecule has 0 bridgehead atoms. The second kappa shape index (κ2) is 6.59. The van der Waals surface area contributed by atoms with E-state index in [1.54, 1.807) is 13.8 Å². The predicted molar refractivity (Wildman–Crippen MR) is 94.3 cm³/mol. The highest BCUT2D eigenvalue weighted by molar-refractivity contribution is 5.76. The summed E-state index contributed by atoms with van der Waals surface area (Å²) < 4.78 is 26.4. The molecule has 3 heterocycles. The lowest BCUT2D eigenvalue weighted by atomic mass is 10.0. The van der Waals surface area contributed by atoms with Crippen LogP contribution in [0.1, 0.15) is 13.8 Å². The Labute approximate surface area is 158 Å². The van der Waals surface area contributed by atoms with Gasteiger partial charge in [-0.3, -0.25) is 23.9 Å². The molecule has 0 spiro atoms. The lowest BCUT2D eigenvalue weighted by Crippen LogP contribution is -2.45. The normalized spacial score (nSPS) is 29.9. The smallest absolute Gasteiger partial charge is 0.308 e. The molecule has 5 N–H and O–H groups in total. The van der Waals surface area contributed by atoms with Crippen LogP contribution in [0, 0.1) is 18.3 Å². The molecule has 2 aromatic rings. The molecule has 0 aromatic carbocycles. The van der Waals surface area contributed by atoms with Crippen molar-refractivity contribution >= 4 is 23.0 Å². The average molecular weight is 394 g/mol. The fourth-order valence-electron chi connectivity index (χ4n) is 2.97. The minimum absolute atomic E-state index is 0.0525. The molecule has 0 radical (unpaired) electrons. The first-order valence-electron chi connectivity index (χ1n) is 8.32. The Morgan fingerprint density at radius 3 is 2.86 bits per heavy atom. The van der Waals surface area contributed by atoms with Gasteiger partial charge in [0.25, 0.3) is 11.4 Å². The van der Waals surface area contributed by atoms with Crippen molar-refractivity contribution in [2.45, 2.75) is 37.6 Å². The molecule has 3 rings (SSSR count). The number of alkyl halides is 1. The molecule has 0 unspecified atom stereocenters. The van der Waals surface area contributed by atoms with Gasteiger partial charge >= 0.3 is 5.97 Å². The number of terminal acetylenes is 1. The van der Waals surface area contributed by atoms with Gasteiger partial charge in [0.1, 0.15) is 12.2 Å². The number of nitrogens with one attached hydrogen (secondary N) is 1. The summed E-state index contributed by atoms with van der Waals surface area (Å²) in [7, 11) is 0. The van der Waals surface area contributed by atoms with E-state index in [0.29, 0.717) is 0 Å². The number of hydrogen-bond donors (Lipinski definition) is 4. The Kier molecular flexibility index (Phi) is 4.66. The summed E-state index contributed by atoms with van der Waals surface area (Å²) in [4.78, 5) is 29.9. The molecule has 1 aliphatic heterocycles. The van der Waals surface area contributed by atoms with E-state index >= 15 is 4.39 Å². The quantitative estimate of drug-likeness (QED) is 0.389. The van der Waals surface area contributed by atoms with E-state index in [9.17, 15) is 19.8 Å². The number of aliphatic hydroxyl groups excluding tert-OH is 2. The van der Waals surface area contributed by atoms with Crippen molar-refractivity contribution in [3.63, 3.8) is 0 Å². The molecule has 2 aromatic heterocycles. The van der Waals surface area contributed by atoms with Crippen molar-refractivity contribution < 1.29 is 28.9 Å². The number of nitrogen functional groups attached to an aromatic ring is 1. The van der Waals surface area contributed by atoms with E-state index in [2.05, 4.69) is 15.9 Å². The number of halogens is 1. The van der Waals surface area contributed by atoms with Crippen molar-refractivity contribution in [2.24, 2.45) is 5.92 Å². The number of aromatic amines is 1. The van der Waals surface area contributed by atoms with Crippen LogP contribution >= 0.6 is 0 Å². The van der Waals surface area contributed by atoms with Gasteiger partial charge < -0.3 is 20.7 Å². The van der Waals surface area contributed by atoms with E-state index in [-0.39, 0.29) is 17.0 Å². The first-order chi connectivity index (χ1) is 13.1. The van der Waals surface area contributed by atoms with Crippen LogP contribution in [0.15, 0.2) is 17.1 Å². The van der Waals surface area contributed by atoms with Crippen molar-refractivity contribution in [1.29, 1.82) is 0 Å². The number of rotatable bonds is 4. The number of anilines is 1. The first-order valence-corrected chi connectivity index (χ1v) is 8.32. The maximum absolute atomic E-state index is 15.3. The third-order valence-electron chi connectivity index (χ3n) is 4.49. The summed E-state index contributed by atoms with van der Waals surface area (Å²) in [6, 6.07) is 1.32. The maximum atomic E-state index is 15.3. The number of esters is 1. The van der Waals surface area contributed by atoms with E-state index in [1.165, 1.54) is 12.3 Å². The van der Waals surface area contributed by atoms with Gasteiger partial charge in [0.2, 0.25) is 11.7 Å². The number of carbonyl (C=O) groups is 1. The number of aromatic nitrogens is 3. The number of nitrogens with two attached hydrogens (primary N) is 1. The van der Waals surface area contributed by atoms with Crippen LogP contribution < -0.4 is 11.3 Å². The van der Waals surface area contributed by atoms with Crippen LogP contribution in [0.3, 0.4) is 0 Å². The molecule has 0 saturated carbocycles. The zero-order chi connectivity index (χ0) is 20.9. The van der Waals surface area contributed by atoms with E-state index in [1.807, 2.05) is 0 Å². The van der Waals surface area contributed by atoms with Gasteiger partial charge in [0.15, 0.2) is 12.3 Å². The summed E-state index contributed by atoms with van der Waals surface area (Å²) in [5.41, 5.74) is 2.60. The van der Waals surface area contributed by atoms with Crippen LogP contribution in [0.4, 0.5) is 10.3 Å². The van der Waals surface area contributed by atoms with E-state index in [4.69, 9.17) is 21.6 Å². The second-order valence-electron chi connectivity index (χ2n) is 6.76. The largest absolute Gasteiger partial charge is 0.459 e. The molecular formula is C17H19FN4O6. The zero-order valence-electron chi connectivity index (χ0n) is 15.0.